The summed E-state index contributed by atoms with van der Waals surface area (Å²) in [5.74, 6) is 2.51. The zero-order valence-corrected chi connectivity index (χ0v) is 18.3. The van der Waals surface area contributed by atoms with Crippen molar-refractivity contribution in [2.24, 2.45) is 0 Å². The van der Waals surface area contributed by atoms with Gasteiger partial charge in [-0.1, -0.05) is 36.9 Å². The van der Waals surface area contributed by atoms with Crippen molar-refractivity contribution in [1.29, 1.82) is 0 Å². The minimum atomic E-state index is -0.181. The smallest absolute Gasteiger partial charge is 0.231 e. The van der Waals surface area contributed by atoms with Gasteiger partial charge in [-0.2, -0.15) is 0 Å². The summed E-state index contributed by atoms with van der Waals surface area (Å²) >= 11 is 0. The second-order valence-corrected chi connectivity index (χ2v) is 7.35. The van der Waals surface area contributed by atoms with Gasteiger partial charge in [-0.05, 0) is 54.5 Å². The van der Waals surface area contributed by atoms with Gasteiger partial charge in [0.05, 0.1) is 19.8 Å². The van der Waals surface area contributed by atoms with Gasteiger partial charge in [0.1, 0.15) is 29.6 Å². The number of Topliss-reactive ketones (excluding diaryl/α,β-unsaturated/α-hetero) is 1. The Morgan fingerprint density at radius 3 is 2.41 bits per heavy atom. The van der Waals surface area contributed by atoms with Crippen LogP contribution >= 0.6 is 0 Å². The fourth-order valence-electron chi connectivity index (χ4n) is 3.53. The first-order chi connectivity index (χ1) is 15.5. The third kappa shape index (κ3) is 4.10. The minimum Gasteiger partial charge on any atom is -0.497 e. The Hall–Kier alpha value is -3.99. The Bertz CT molecular complexity index is 1210. The molecule has 5 heteroatoms. The predicted octanol–water partition coefficient (Wildman–Crippen LogP) is 5.85. The van der Waals surface area contributed by atoms with Crippen molar-refractivity contribution in [1.82, 2.24) is 0 Å². The zero-order chi connectivity index (χ0) is 22.7. The molecule has 0 amide bonds. The molecule has 0 aliphatic carbocycles. The normalized spacial score (nSPS) is 13.5. The number of allylic oxidation sites excluding steroid dienone is 1. The molecule has 0 unspecified atom stereocenters. The lowest BCUT2D eigenvalue weighted by Gasteiger charge is -2.12. The SMILES string of the molecule is C=Cc1ccc(COc2ccc3c(c2C)O/C(=C\c2cc(OC)ccc2OC)C3=O)cc1. The molecule has 0 N–H and O–H groups in total. The quantitative estimate of drug-likeness (QED) is 0.442. The number of carbonyl (C=O) groups excluding carboxylic acids is 1. The van der Waals surface area contributed by atoms with E-state index in [2.05, 4.69) is 6.58 Å². The summed E-state index contributed by atoms with van der Waals surface area (Å²) in [6, 6.07) is 16.9. The van der Waals surface area contributed by atoms with Gasteiger partial charge in [0.25, 0.3) is 0 Å². The highest BCUT2D eigenvalue weighted by atomic mass is 16.5. The van der Waals surface area contributed by atoms with Crippen LogP contribution < -0.4 is 18.9 Å². The van der Waals surface area contributed by atoms with E-state index in [1.165, 1.54) is 0 Å². The maximum Gasteiger partial charge on any atom is 0.231 e. The summed E-state index contributed by atoms with van der Waals surface area (Å²) in [5.41, 5.74) is 4.08. The third-order valence-electron chi connectivity index (χ3n) is 5.37. The molecule has 0 fully saturated rings. The van der Waals surface area contributed by atoms with Crippen molar-refractivity contribution in [3.05, 3.63) is 94.8 Å². The van der Waals surface area contributed by atoms with E-state index in [9.17, 15) is 4.79 Å². The summed E-state index contributed by atoms with van der Waals surface area (Å²) < 4.78 is 22.7. The standard InChI is InChI=1S/C27H24O5/c1-5-18-6-8-19(9-7-18)16-31-23-13-11-22-26(28)25(32-27(22)17(23)2)15-20-14-21(29-3)10-12-24(20)30-4/h5-15H,1,16H2,2-4H3/b25-15-. The van der Waals surface area contributed by atoms with Gasteiger partial charge < -0.3 is 18.9 Å². The number of hydrogen-bond acceptors (Lipinski definition) is 5. The van der Waals surface area contributed by atoms with Crippen LogP contribution in [0, 0.1) is 6.92 Å². The maximum absolute atomic E-state index is 12.9. The Kier molecular flexibility index (Phi) is 5.99. The van der Waals surface area contributed by atoms with Gasteiger partial charge in [-0.25, -0.2) is 0 Å². The van der Waals surface area contributed by atoms with Crippen molar-refractivity contribution in [3.8, 4) is 23.0 Å². The highest BCUT2D eigenvalue weighted by Crippen LogP contribution is 2.40. The first kappa shape index (κ1) is 21.2. The summed E-state index contributed by atoms with van der Waals surface area (Å²) in [6.45, 7) is 6.06. The van der Waals surface area contributed by atoms with Crippen LogP contribution in [0.2, 0.25) is 0 Å². The summed E-state index contributed by atoms with van der Waals surface area (Å²) in [4.78, 5) is 12.9. The molecule has 0 saturated carbocycles. The molecular formula is C27H24O5. The largest absolute Gasteiger partial charge is 0.497 e. The number of ketones is 1. The molecule has 1 heterocycles. The number of carbonyl (C=O) groups is 1. The molecule has 3 aromatic carbocycles. The number of benzene rings is 3. The molecule has 162 valence electrons. The Labute approximate surface area is 187 Å². The van der Waals surface area contributed by atoms with Crippen LogP contribution in [-0.2, 0) is 6.61 Å². The van der Waals surface area contributed by atoms with E-state index in [1.54, 1.807) is 50.6 Å². The van der Waals surface area contributed by atoms with E-state index in [-0.39, 0.29) is 11.5 Å². The highest BCUT2D eigenvalue weighted by Gasteiger charge is 2.30. The topological polar surface area (TPSA) is 54.0 Å². The molecule has 32 heavy (non-hydrogen) atoms. The molecule has 0 spiro atoms. The zero-order valence-electron chi connectivity index (χ0n) is 18.3. The van der Waals surface area contributed by atoms with E-state index in [4.69, 9.17) is 18.9 Å². The molecule has 0 bridgehead atoms. The third-order valence-corrected chi connectivity index (χ3v) is 5.37. The van der Waals surface area contributed by atoms with Crippen LogP contribution in [0.4, 0.5) is 0 Å². The van der Waals surface area contributed by atoms with Crippen LogP contribution in [0.15, 0.2) is 66.9 Å². The second kappa shape index (κ2) is 9.02. The van der Waals surface area contributed by atoms with Gasteiger partial charge in [0.2, 0.25) is 5.78 Å². The lowest BCUT2D eigenvalue weighted by atomic mass is 10.1. The fraction of sp³-hybridized carbons (Fsp3) is 0.148. The molecule has 3 aromatic rings. The van der Waals surface area contributed by atoms with E-state index in [0.717, 1.165) is 16.7 Å². The molecule has 4 rings (SSSR count). The predicted molar refractivity (Wildman–Crippen MR) is 125 cm³/mol. The van der Waals surface area contributed by atoms with Crippen molar-refractivity contribution in [2.45, 2.75) is 13.5 Å². The first-order valence-electron chi connectivity index (χ1n) is 10.2. The average molecular weight is 428 g/mol. The van der Waals surface area contributed by atoms with E-state index < -0.39 is 0 Å². The fourth-order valence-corrected chi connectivity index (χ4v) is 3.53. The molecule has 1 aliphatic rings. The summed E-state index contributed by atoms with van der Waals surface area (Å²) in [6.07, 6.45) is 3.47. The first-order valence-corrected chi connectivity index (χ1v) is 10.2. The number of rotatable bonds is 7. The number of methoxy groups -OCH3 is 2. The van der Waals surface area contributed by atoms with Gasteiger partial charge in [-0.3, -0.25) is 4.79 Å². The molecule has 5 nitrogen and oxygen atoms in total. The van der Waals surface area contributed by atoms with Crippen LogP contribution in [0.1, 0.15) is 32.6 Å². The minimum absolute atomic E-state index is 0.181. The molecule has 0 atom stereocenters. The van der Waals surface area contributed by atoms with Crippen molar-refractivity contribution in [3.63, 3.8) is 0 Å². The summed E-state index contributed by atoms with van der Waals surface area (Å²) in [7, 11) is 3.17. The maximum atomic E-state index is 12.9. The van der Waals surface area contributed by atoms with Crippen LogP contribution in [0.25, 0.3) is 12.2 Å². The van der Waals surface area contributed by atoms with Gasteiger partial charge in [-0.15, -0.1) is 0 Å². The van der Waals surface area contributed by atoms with E-state index >= 15 is 0 Å². The summed E-state index contributed by atoms with van der Waals surface area (Å²) in [5, 5.41) is 0. The molecule has 0 aromatic heterocycles. The highest BCUT2D eigenvalue weighted by molar-refractivity contribution is 6.15. The van der Waals surface area contributed by atoms with Gasteiger partial charge in [0, 0.05) is 11.1 Å². The van der Waals surface area contributed by atoms with Gasteiger partial charge in [0.15, 0.2) is 5.76 Å². The molecule has 0 radical (unpaired) electrons. The molecule has 1 aliphatic heterocycles. The lowest BCUT2D eigenvalue weighted by molar-refractivity contribution is 0.101. The number of ether oxygens (including phenoxy) is 4. The molecule has 0 saturated heterocycles. The van der Waals surface area contributed by atoms with Crippen molar-refractivity contribution < 1.29 is 23.7 Å². The molecular weight excluding hydrogens is 404 g/mol. The number of hydrogen-bond donors (Lipinski definition) is 0. The lowest BCUT2D eigenvalue weighted by Crippen LogP contribution is -1.99. The monoisotopic (exact) mass is 428 g/mol. The van der Waals surface area contributed by atoms with E-state index in [1.807, 2.05) is 37.3 Å². The van der Waals surface area contributed by atoms with Crippen LogP contribution in [0.3, 0.4) is 0 Å². The van der Waals surface area contributed by atoms with Crippen molar-refractivity contribution >= 4 is 17.9 Å². The van der Waals surface area contributed by atoms with Gasteiger partial charge >= 0.3 is 0 Å². The van der Waals surface area contributed by atoms with Crippen LogP contribution in [0.5, 0.6) is 23.0 Å². The van der Waals surface area contributed by atoms with Crippen molar-refractivity contribution in [2.75, 3.05) is 14.2 Å². The second-order valence-electron chi connectivity index (χ2n) is 7.35. The Morgan fingerprint density at radius 2 is 1.72 bits per heavy atom. The van der Waals surface area contributed by atoms with E-state index in [0.29, 0.717) is 40.7 Å². The van der Waals surface area contributed by atoms with Crippen LogP contribution in [-0.4, -0.2) is 20.0 Å². The average Bonchev–Trinajstić information content (AvgIpc) is 3.15. The Morgan fingerprint density at radius 1 is 0.969 bits per heavy atom. The number of fused-ring (bicyclic) bond motifs is 1. The Balaban J connectivity index is 1.58.